The SMILES string of the molecule is Cc1ccc(NC(=O)CN2CCC(NCC(O)C3COc4ccccc4O3)CC2)cc1. The number of piperidine rings is 1. The van der Waals surface area contributed by atoms with Gasteiger partial charge in [-0.1, -0.05) is 29.8 Å². The Balaban J connectivity index is 1.15. The molecule has 2 aliphatic rings. The molecule has 1 amide bonds. The Morgan fingerprint density at radius 3 is 2.58 bits per heavy atom. The molecular weight excluding hydrogens is 394 g/mol. The van der Waals surface area contributed by atoms with E-state index in [4.69, 9.17) is 9.47 Å². The van der Waals surface area contributed by atoms with E-state index < -0.39 is 6.10 Å². The topological polar surface area (TPSA) is 83.1 Å². The van der Waals surface area contributed by atoms with Gasteiger partial charge in [0.1, 0.15) is 12.7 Å². The number of carbonyl (C=O) groups is 1. The fraction of sp³-hybridized carbons (Fsp3) is 0.458. The number of anilines is 1. The van der Waals surface area contributed by atoms with Crippen LogP contribution in [0.2, 0.25) is 0 Å². The maximum absolute atomic E-state index is 12.3. The number of likely N-dealkylation sites (tertiary alicyclic amines) is 1. The van der Waals surface area contributed by atoms with Gasteiger partial charge in [-0.15, -0.1) is 0 Å². The number of aryl methyl sites for hydroxylation is 1. The molecule has 1 saturated heterocycles. The molecule has 0 spiro atoms. The number of nitrogens with one attached hydrogen (secondary N) is 2. The standard InChI is InChI=1S/C24H31N3O4/c1-17-6-8-19(9-7-17)26-24(29)15-27-12-10-18(11-13-27)25-14-20(28)23-16-30-21-4-2-3-5-22(21)31-23/h2-9,18,20,23,25,28H,10-16H2,1H3,(H,26,29). The number of aliphatic hydroxyl groups excluding tert-OH is 1. The van der Waals surface area contributed by atoms with Crippen LogP contribution in [0.4, 0.5) is 5.69 Å². The summed E-state index contributed by atoms with van der Waals surface area (Å²) >= 11 is 0. The first-order valence-corrected chi connectivity index (χ1v) is 11.0. The number of nitrogens with zero attached hydrogens (tertiary/aromatic N) is 1. The predicted molar refractivity (Wildman–Crippen MR) is 120 cm³/mol. The van der Waals surface area contributed by atoms with Gasteiger partial charge in [0, 0.05) is 31.4 Å². The molecule has 4 rings (SSSR count). The van der Waals surface area contributed by atoms with E-state index in [1.54, 1.807) is 0 Å². The molecule has 166 valence electrons. The first kappa shape index (κ1) is 21.6. The number of para-hydroxylation sites is 2. The van der Waals surface area contributed by atoms with Crippen LogP contribution in [-0.4, -0.2) is 66.9 Å². The largest absolute Gasteiger partial charge is 0.486 e. The van der Waals surface area contributed by atoms with Crippen molar-refractivity contribution in [1.82, 2.24) is 10.2 Å². The Bertz CT molecular complexity index is 865. The van der Waals surface area contributed by atoms with Gasteiger partial charge in [-0.3, -0.25) is 9.69 Å². The third-order valence-corrected chi connectivity index (χ3v) is 5.87. The molecule has 0 radical (unpaired) electrons. The second kappa shape index (κ2) is 10.1. The number of hydrogen-bond donors (Lipinski definition) is 3. The molecule has 2 aliphatic heterocycles. The molecule has 7 nitrogen and oxygen atoms in total. The van der Waals surface area contributed by atoms with Gasteiger partial charge in [0.05, 0.1) is 6.54 Å². The highest BCUT2D eigenvalue weighted by Crippen LogP contribution is 2.31. The average molecular weight is 426 g/mol. The molecule has 0 saturated carbocycles. The van der Waals surface area contributed by atoms with E-state index in [1.807, 2.05) is 55.5 Å². The second-order valence-corrected chi connectivity index (χ2v) is 8.35. The minimum Gasteiger partial charge on any atom is -0.486 e. The molecular formula is C24H31N3O4. The maximum Gasteiger partial charge on any atom is 0.238 e. The van der Waals surface area contributed by atoms with E-state index in [0.717, 1.165) is 37.4 Å². The van der Waals surface area contributed by atoms with Crippen LogP contribution < -0.4 is 20.1 Å². The summed E-state index contributed by atoms with van der Waals surface area (Å²) in [4.78, 5) is 14.5. The van der Waals surface area contributed by atoms with Crippen molar-refractivity contribution < 1.29 is 19.4 Å². The van der Waals surface area contributed by atoms with Crippen molar-refractivity contribution in [3.8, 4) is 11.5 Å². The van der Waals surface area contributed by atoms with Gasteiger partial charge in [0.2, 0.25) is 5.91 Å². The first-order chi connectivity index (χ1) is 15.1. The van der Waals surface area contributed by atoms with Crippen LogP contribution in [0.15, 0.2) is 48.5 Å². The number of amides is 1. The van der Waals surface area contributed by atoms with E-state index in [2.05, 4.69) is 15.5 Å². The zero-order valence-electron chi connectivity index (χ0n) is 17.9. The summed E-state index contributed by atoms with van der Waals surface area (Å²) in [7, 11) is 0. The molecule has 31 heavy (non-hydrogen) atoms. The van der Waals surface area contributed by atoms with E-state index in [1.165, 1.54) is 5.56 Å². The molecule has 2 aromatic carbocycles. The first-order valence-electron chi connectivity index (χ1n) is 11.0. The fourth-order valence-corrected chi connectivity index (χ4v) is 3.98. The molecule has 2 unspecified atom stereocenters. The maximum atomic E-state index is 12.3. The number of aliphatic hydroxyl groups is 1. The zero-order valence-corrected chi connectivity index (χ0v) is 17.9. The van der Waals surface area contributed by atoms with Crippen molar-refractivity contribution in [1.29, 1.82) is 0 Å². The van der Waals surface area contributed by atoms with Gasteiger partial charge >= 0.3 is 0 Å². The van der Waals surface area contributed by atoms with Gasteiger partial charge in [-0.2, -0.15) is 0 Å². The number of ether oxygens (including phenoxy) is 2. The second-order valence-electron chi connectivity index (χ2n) is 8.35. The number of rotatable bonds is 7. The van der Waals surface area contributed by atoms with E-state index in [0.29, 0.717) is 31.5 Å². The van der Waals surface area contributed by atoms with Crippen LogP contribution in [0.5, 0.6) is 11.5 Å². The number of fused-ring (bicyclic) bond motifs is 1. The van der Waals surface area contributed by atoms with Crippen LogP contribution >= 0.6 is 0 Å². The molecule has 0 bridgehead atoms. The number of hydrogen-bond acceptors (Lipinski definition) is 6. The van der Waals surface area contributed by atoms with Crippen molar-refractivity contribution in [2.45, 2.75) is 38.0 Å². The monoisotopic (exact) mass is 425 g/mol. The van der Waals surface area contributed by atoms with Gasteiger partial charge < -0.3 is 25.2 Å². The van der Waals surface area contributed by atoms with Gasteiger partial charge in [-0.05, 0) is 44.0 Å². The fourth-order valence-electron chi connectivity index (χ4n) is 3.98. The number of benzene rings is 2. The average Bonchev–Trinajstić information content (AvgIpc) is 2.79. The highest BCUT2D eigenvalue weighted by Gasteiger charge is 2.28. The van der Waals surface area contributed by atoms with E-state index >= 15 is 0 Å². The van der Waals surface area contributed by atoms with E-state index in [9.17, 15) is 9.90 Å². The quantitative estimate of drug-likeness (QED) is 0.631. The Kier molecular flexibility index (Phi) is 7.06. The summed E-state index contributed by atoms with van der Waals surface area (Å²) in [5.74, 6) is 1.41. The molecule has 0 aliphatic carbocycles. The van der Waals surface area contributed by atoms with Gasteiger partial charge in [0.15, 0.2) is 17.6 Å². The molecule has 2 atom stereocenters. The lowest BCUT2D eigenvalue weighted by atomic mass is 10.0. The Labute approximate surface area is 183 Å². The van der Waals surface area contributed by atoms with Gasteiger partial charge in [0.25, 0.3) is 0 Å². The summed E-state index contributed by atoms with van der Waals surface area (Å²) in [6.45, 7) is 4.92. The van der Waals surface area contributed by atoms with Crippen LogP contribution in [0, 0.1) is 6.92 Å². The van der Waals surface area contributed by atoms with E-state index in [-0.39, 0.29) is 12.0 Å². The van der Waals surface area contributed by atoms with Crippen molar-refractivity contribution in [2.24, 2.45) is 0 Å². The zero-order chi connectivity index (χ0) is 21.6. The van der Waals surface area contributed by atoms with Crippen molar-refractivity contribution in [2.75, 3.05) is 38.1 Å². The summed E-state index contributed by atoms with van der Waals surface area (Å²) in [6, 6.07) is 15.7. The molecule has 3 N–H and O–H groups in total. The molecule has 2 aromatic rings. The lowest BCUT2D eigenvalue weighted by Gasteiger charge is -2.34. The number of carbonyl (C=O) groups excluding carboxylic acids is 1. The minimum absolute atomic E-state index is 0.0143. The minimum atomic E-state index is -0.647. The van der Waals surface area contributed by atoms with Crippen molar-refractivity contribution in [3.05, 3.63) is 54.1 Å². The highest BCUT2D eigenvalue weighted by molar-refractivity contribution is 5.92. The van der Waals surface area contributed by atoms with Crippen LogP contribution in [-0.2, 0) is 4.79 Å². The Hall–Kier alpha value is -2.61. The summed E-state index contributed by atoms with van der Waals surface area (Å²) < 4.78 is 11.6. The van der Waals surface area contributed by atoms with Crippen molar-refractivity contribution >= 4 is 11.6 Å². The van der Waals surface area contributed by atoms with Crippen LogP contribution in [0.25, 0.3) is 0 Å². The molecule has 7 heteroatoms. The third kappa shape index (κ3) is 5.97. The van der Waals surface area contributed by atoms with Crippen LogP contribution in [0.1, 0.15) is 18.4 Å². The molecule has 2 heterocycles. The van der Waals surface area contributed by atoms with Crippen LogP contribution in [0.3, 0.4) is 0 Å². The Morgan fingerprint density at radius 2 is 1.84 bits per heavy atom. The normalized spacial score (nSPS) is 20.3. The summed E-state index contributed by atoms with van der Waals surface area (Å²) in [6.07, 6.45) is 0.852. The highest BCUT2D eigenvalue weighted by atomic mass is 16.6. The van der Waals surface area contributed by atoms with Gasteiger partial charge in [-0.25, -0.2) is 0 Å². The molecule has 1 fully saturated rings. The summed E-state index contributed by atoms with van der Waals surface area (Å²) in [5, 5.41) is 16.9. The lowest BCUT2D eigenvalue weighted by Crippen LogP contribution is -2.50. The summed E-state index contributed by atoms with van der Waals surface area (Å²) in [5.41, 5.74) is 2.00. The lowest BCUT2D eigenvalue weighted by molar-refractivity contribution is -0.117. The third-order valence-electron chi connectivity index (χ3n) is 5.87. The Morgan fingerprint density at radius 1 is 1.13 bits per heavy atom. The van der Waals surface area contributed by atoms with Crippen molar-refractivity contribution in [3.63, 3.8) is 0 Å². The predicted octanol–water partition coefficient (Wildman–Crippen LogP) is 2.19. The smallest absolute Gasteiger partial charge is 0.238 e. The molecule has 0 aromatic heterocycles.